The van der Waals surface area contributed by atoms with E-state index < -0.39 is 11.7 Å². The highest BCUT2D eigenvalue weighted by atomic mass is 19.4. The molecule has 1 aromatic carbocycles. The van der Waals surface area contributed by atoms with Gasteiger partial charge >= 0.3 is 6.18 Å². The number of alkyl halides is 3. The Hall–Kier alpha value is -2.04. The maximum absolute atomic E-state index is 12.7. The van der Waals surface area contributed by atoms with Crippen LogP contribution in [0.4, 0.5) is 18.9 Å². The van der Waals surface area contributed by atoms with Crippen LogP contribution in [0.2, 0.25) is 0 Å². The fourth-order valence-corrected chi connectivity index (χ4v) is 1.95. The molecule has 1 atom stereocenters. The maximum atomic E-state index is 12.7. The molecule has 0 spiro atoms. The Kier molecular flexibility index (Phi) is 3.97. The highest BCUT2D eigenvalue weighted by molar-refractivity contribution is 5.45. The maximum Gasteiger partial charge on any atom is 0.416 e. The number of rotatable bonds is 3. The molecule has 0 bridgehead atoms. The van der Waals surface area contributed by atoms with Crippen molar-refractivity contribution in [2.45, 2.75) is 26.1 Å². The molecule has 1 unspecified atom stereocenters. The van der Waals surface area contributed by atoms with E-state index in [0.717, 1.165) is 17.3 Å². The lowest BCUT2D eigenvalue weighted by molar-refractivity contribution is -0.137. The molecule has 1 heterocycles. The lowest BCUT2D eigenvalue weighted by atomic mass is 10.0. The molecule has 0 aliphatic heterocycles. The van der Waals surface area contributed by atoms with Crippen LogP contribution in [0.3, 0.4) is 0 Å². The standard InChI is InChI=1S/C15H15F3N2/c1-10-6-14(9-19-8-10)20-11(2)12-4-3-5-13(7-12)15(16,17)18/h3-9,11,20H,1-2H3. The Morgan fingerprint density at radius 3 is 2.55 bits per heavy atom. The van der Waals surface area contributed by atoms with E-state index in [0.29, 0.717) is 5.56 Å². The molecule has 2 rings (SSSR count). The third kappa shape index (κ3) is 3.50. The first kappa shape index (κ1) is 14.4. The first-order valence-corrected chi connectivity index (χ1v) is 6.21. The molecule has 0 radical (unpaired) electrons. The van der Waals surface area contributed by atoms with Gasteiger partial charge in [0.05, 0.1) is 11.3 Å². The Balaban J connectivity index is 2.19. The van der Waals surface area contributed by atoms with Gasteiger partial charge in [0.1, 0.15) is 0 Å². The van der Waals surface area contributed by atoms with E-state index in [9.17, 15) is 13.2 Å². The zero-order chi connectivity index (χ0) is 14.8. The molecule has 0 aliphatic carbocycles. The van der Waals surface area contributed by atoms with Crippen molar-refractivity contribution < 1.29 is 13.2 Å². The third-order valence-corrected chi connectivity index (χ3v) is 2.97. The quantitative estimate of drug-likeness (QED) is 0.890. The Morgan fingerprint density at radius 1 is 1.15 bits per heavy atom. The van der Waals surface area contributed by atoms with Gasteiger partial charge in [-0.1, -0.05) is 12.1 Å². The molecule has 0 saturated heterocycles. The predicted molar refractivity (Wildman–Crippen MR) is 72.5 cm³/mol. The zero-order valence-corrected chi connectivity index (χ0v) is 11.2. The van der Waals surface area contributed by atoms with Crippen LogP contribution >= 0.6 is 0 Å². The normalized spacial score (nSPS) is 13.1. The third-order valence-electron chi connectivity index (χ3n) is 2.97. The average Bonchev–Trinajstić information content (AvgIpc) is 2.38. The first-order chi connectivity index (χ1) is 9.36. The fraction of sp³-hybridized carbons (Fsp3) is 0.267. The summed E-state index contributed by atoms with van der Waals surface area (Å²) in [6, 6.07) is 7.00. The first-order valence-electron chi connectivity index (χ1n) is 6.21. The summed E-state index contributed by atoms with van der Waals surface area (Å²) in [4.78, 5) is 4.05. The summed E-state index contributed by atoms with van der Waals surface area (Å²) < 4.78 is 38.0. The van der Waals surface area contributed by atoms with E-state index in [1.807, 2.05) is 19.9 Å². The Labute approximate surface area is 115 Å². The Morgan fingerprint density at radius 2 is 1.90 bits per heavy atom. The zero-order valence-electron chi connectivity index (χ0n) is 11.2. The van der Waals surface area contributed by atoms with Crippen molar-refractivity contribution in [1.82, 2.24) is 4.98 Å². The molecule has 1 aromatic heterocycles. The van der Waals surface area contributed by atoms with Gasteiger partial charge in [0.2, 0.25) is 0 Å². The van der Waals surface area contributed by atoms with Gasteiger partial charge in [0.15, 0.2) is 0 Å². The van der Waals surface area contributed by atoms with E-state index in [-0.39, 0.29) is 6.04 Å². The van der Waals surface area contributed by atoms with Crippen LogP contribution in [0, 0.1) is 6.92 Å². The number of benzene rings is 1. The minimum atomic E-state index is -4.32. The molecule has 5 heteroatoms. The molecule has 0 aliphatic rings. The van der Waals surface area contributed by atoms with Gasteiger partial charge in [-0.3, -0.25) is 4.98 Å². The van der Waals surface area contributed by atoms with Crippen molar-refractivity contribution in [2.24, 2.45) is 0 Å². The van der Waals surface area contributed by atoms with Crippen LogP contribution in [-0.4, -0.2) is 4.98 Å². The van der Waals surface area contributed by atoms with Crippen molar-refractivity contribution in [3.8, 4) is 0 Å². The second kappa shape index (κ2) is 5.53. The van der Waals surface area contributed by atoms with E-state index >= 15 is 0 Å². The number of aryl methyl sites for hydroxylation is 1. The summed E-state index contributed by atoms with van der Waals surface area (Å²) >= 11 is 0. The van der Waals surface area contributed by atoms with Crippen LogP contribution in [0.15, 0.2) is 42.7 Å². The minimum absolute atomic E-state index is 0.235. The van der Waals surface area contributed by atoms with Crippen molar-refractivity contribution in [3.05, 3.63) is 59.4 Å². The summed E-state index contributed by atoms with van der Waals surface area (Å²) in [5.74, 6) is 0. The van der Waals surface area contributed by atoms with Gasteiger partial charge in [-0.05, 0) is 43.2 Å². The molecule has 0 fully saturated rings. The van der Waals surface area contributed by atoms with Crippen LogP contribution in [0.25, 0.3) is 0 Å². The molecule has 0 saturated carbocycles. The van der Waals surface area contributed by atoms with Crippen LogP contribution in [-0.2, 0) is 6.18 Å². The molecular formula is C15H15F3N2. The largest absolute Gasteiger partial charge is 0.416 e. The summed E-state index contributed by atoms with van der Waals surface area (Å²) in [6.07, 6.45) is -0.947. The highest BCUT2D eigenvalue weighted by Gasteiger charge is 2.30. The van der Waals surface area contributed by atoms with Gasteiger partial charge in [-0.2, -0.15) is 13.2 Å². The van der Waals surface area contributed by atoms with E-state index in [4.69, 9.17) is 0 Å². The smallest absolute Gasteiger partial charge is 0.377 e. The van der Waals surface area contributed by atoms with Crippen molar-refractivity contribution in [2.75, 3.05) is 5.32 Å². The monoisotopic (exact) mass is 280 g/mol. The fourth-order valence-electron chi connectivity index (χ4n) is 1.95. The van der Waals surface area contributed by atoms with E-state index in [1.165, 1.54) is 12.1 Å². The van der Waals surface area contributed by atoms with Crippen LogP contribution in [0.1, 0.15) is 29.7 Å². The summed E-state index contributed by atoms with van der Waals surface area (Å²) in [5.41, 5.74) is 1.73. The number of hydrogen-bond donors (Lipinski definition) is 1. The summed E-state index contributed by atoms with van der Waals surface area (Å²) in [5, 5.41) is 3.15. The number of aromatic nitrogens is 1. The Bertz CT molecular complexity index is 594. The molecule has 20 heavy (non-hydrogen) atoms. The van der Waals surface area contributed by atoms with E-state index in [1.54, 1.807) is 18.5 Å². The average molecular weight is 280 g/mol. The van der Waals surface area contributed by atoms with Crippen LogP contribution in [0.5, 0.6) is 0 Å². The summed E-state index contributed by atoms with van der Waals surface area (Å²) in [7, 11) is 0. The number of nitrogens with one attached hydrogen (secondary N) is 1. The number of halogens is 3. The van der Waals surface area contributed by atoms with E-state index in [2.05, 4.69) is 10.3 Å². The number of hydrogen-bond acceptors (Lipinski definition) is 2. The predicted octanol–water partition coefficient (Wildman–Crippen LogP) is 4.58. The molecule has 1 N–H and O–H groups in total. The number of nitrogens with zero attached hydrogens (tertiary/aromatic N) is 1. The molecule has 106 valence electrons. The molecule has 0 amide bonds. The van der Waals surface area contributed by atoms with Crippen molar-refractivity contribution in [1.29, 1.82) is 0 Å². The summed E-state index contributed by atoms with van der Waals surface area (Å²) in [6.45, 7) is 3.73. The lowest BCUT2D eigenvalue weighted by Gasteiger charge is -2.17. The second-order valence-electron chi connectivity index (χ2n) is 4.74. The number of anilines is 1. The number of pyridine rings is 1. The lowest BCUT2D eigenvalue weighted by Crippen LogP contribution is -2.10. The highest BCUT2D eigenvalue weighted by Crippen LogP contribution is 2.31. The van der Waals surface area contributed by atoms with Crippen LogP contribution < -0.4 is 5.32 Å². The molecular weight excluding hydrogens is 265 g/mol. The molecule has 2 nitrogen and oxygen atoms in total. The van der Waals surface area contributed by atoms with Gasteiger partial charge in [-0.15, -0.1) is 0 Å². The van der Waals surface area contributed by atoms with Gasteiger partial charge in [0, 0.05) is 18.4 Å². The van der Waals surface area contributed by atoms with Gasteiger partial charge in [-0.25, -0.2) is 0 Å². The SMILES string of the molecule is Cc1cncc(NC(C)c2cccc(C(F)(F)F)c2)c1. The van der Waals surface area contributed by atoms with Gasteiger partial charge < -0.3 is 5.32 Å². The van der Waals surface area contributed by atoms with Gasteiger partial charge in [0.25, 0.3) is 0 Å². The minimum Gasteiger partial charge on any atom is -0.377 e. The van der Waals surface area contributed by atoms with Crippen molar-refractivity contribution >= 4 is 5.69 Å². The second-order valence-corrected chi connectivity index (χ2v) is 4.74. The topological polar surface area (TPSA) is 24.9 Å². The van der Waals surface area contributed by atoms with Crippen molar-refractivity contribution in [3.63, 3.8) is 0 Å². The molecule has 2 aromatic rings.